The third-order valence-corrected chi connectivity index (χ3v) is 3.22. The van der Waals surface area contributed by atoms with Gasteiger partial charge in [-0.1, -0.05) is 18.2 Å². The molecule has 0 heterocycles. The Labute approximate surface area is 128 Å². The van der Waals surface area contributed by atoms with Gasteiger partial charge in [0.25, 0.3) is 5.91 Å². The van der Waals surface area contributed by atoms with Crippen molar-refractivity contribution in [3.8, 4) is 5.75 Å². The number of carbonyl (C=O) groups is 1. The second-order valence-electron chi connectivity index (χ2n) is 5.01. The maximum absolute atomic E-state index is 13.2. The van der Waals surface area contributed by atoms with Gasteiger partial charge in [0.15, 0.2) is 6.10 Å². The minimum absolute atomic E-state index is 0.0970. The minimum atomic E-state index is -0.753. The number of carbonyl (C=O) groups excluding carboxylic acids is 1. The number of aliphatic hydroxyl groups excluding tert-OH is 1. The molecule has 0 aliphatic rings. The molecular formula is C17H18FNO3. The van der Waals surface area contributed by atoms with Gasteiger partial charge in [0.1, 0.15) is 11.6 Å². The highest BCUT2D eigenvalue weighted by Crippen LogP contribution is 2.18. The SMILES string of the molecule is Cc1ccc(F)cc1NC(=O)C(C)Oc1cccc(CO)c1. The van der Waals surface area contributed by atoms with E-state index in [1.165, 1.54) is 12.1 Å². The van der Waals surface area contributed by atoms with Crippen LogP contribution in [0.3, 0.4) is 0 Å². The van der Waals surface area contributed by atoms with Gasteiger partial charge < -0.3 is 15.2 Å². The molecule has 1 atom stereocenters. The van der Waals surface area contributed by atoms with Crippen LogP contribution in [-0.2, 0) is 11.4 Å². The monoisotopic (exact) mass is 303 g/mol. The summed E-state index contributed by atoms with van der Waals surface area (Å²) >= 11 is 0. The predicted octanol–water partition coefficient (Wildman–Crippen LogP) is 3.03. The van der Waals surface area contributed by atoms with E-state index >= 15 is 0 Å². The summed E-state index contributed by atoms with van der Waals surface area (Å²) in [5.74, 6) is -0.293. The Morgan fingerprint density at radius 1 is 1.32 bits per heavy atom. The van der Waals surface area contributed by atoms with Gasteiger partial charge in [-0.15, -0.1) is 0 Å². The molecule has 2 aromatic carbocycles. The molecule has 0 radical (unpaired) electrons. The van der Waals surface area contributed by atoms with Gasteiger partial charge in [-0.25, -0.2) is 4.39 Å². The van der Waals surface area contributed by atoms with Gasteiger partial charge in [0.05, 0.1) is 6.61 Å². The van der Waals surface area contributed by atoms with Gasteiger partial charge in [-0.3, -0.25) is 4.79 Å². The largest absolute Gasteiger partial charge is 0.481 e. The lowest BCUT2D eigenvalue weighted by Gasteiger charge is -2.16. The highest BCUT2D eigenvalue weighted by Gasteiger charge is 2.16. The molecule has 5 heteroatoms. The zero-order valence-electron chi connectivity index (χ0n) is 12.5. The first kappa shape index (κ1) is 16.0. The quantitative estimate of drug-likeness (QED) is 0.892. The Morgan fingerprint density at radius 2 is 2.09 bits per heavy atom. The topological polar surface area (TPSA) is 58.6 Å². The first-order valence-electron chi connectivity index (χ1n) is 6.93. The molecule has 2 aromatic rings. The Bertz CT molecular complexity index is 673. The summed E-state index contributed by atoms with van der Waals surface area (Å²) in [4.78, 5) is 12.1. The van der Waals surface area contributed by atoms with Gasteiger partial charge in [0.2, 0.25) is 0 Å². The molecule has 2 N–H and O–H groups in total. The van der Waals surface area contributed by atoms with Crippen LogP contribution >= 0.6 is 0 Å². The third kappa shape index (κ3) is 4.05. The smallest absolute Gasteiger partial charge is 0.265 e. The number of hydrogen-bond acceptors (Lipinski definition) is 3. The van der Waals surface area contributed by atoms with E-state index in [0.29, 0.717) is 17.0 Å². The normalized spacial score (nSPS) is 11.8. The number of aryl methyl sites for hydroxylation is 1. The molecule has 1 amide bonds. The van der Waals surface area contributed by atoms with E-state index in [9.17, 15) is 9.18 Å². The summed E-state index contributed by atoms with van der Waals surface area (Å²) in [6, 6.07) is 11.1. The third-order valence-electron chi connectivity index (χ3n) is 3.22. The highest BCUT2D eigenvalue weighted by molar-refractivity contribution is 5.94. The molecule has 4 nitrogen and oxygen atoms in total. The average molecular weight is 303 g/mol. The van der Waals surface area contributed by atoms with Crippen LogP contribution in [-0.4, -0.2) is 17.1 Å². The summed E-state index contributed by atoms with van der Waals surface area (Å²) in [5, 5.41) is 11.7. The van der Waals surface area contributed by atoms with E-state index in [1.54, 1.807) is 44.2 Å². The molecule has 0 saturated heterocycles. The number of hydrogen-bond donors (Lipinski definition) is 2. The van der Waals surface area contributed by atoms with Crippen LogP contribution in [0.25, 0.3) is 0 Å². The fourth-order valence-electron chi connectivity index (χ4n) is 1.94. The Kier molecular flexibility index (Phi) is 5.12. The van der Waals surface area contributed by atoms with E-state index in [0.717, 1.165) is 5.56 Å². The van der Waals surface area contributed by atoms with E-state index in [2.05, 4.69) is 5.32 Å². The number of nitrogens with one attached hydrogen (secondary N) is 1. The summed E-state index contributed by atoms with van der Waals surface area (Å²) < 4.78 is 18.8. The first-order valence-corrected chi connectivity index (χ1v) is 6.93. The molecule has 0 spiro atoms. The van der Waals surface area contributed by atoms with Crippen molar-refractivity contribution >= 4 is 11.6 Å². The number of amides is 1. The van der Waals surface area contributed by atoms with Crippen LogP contribution in [0.4, 0.5) is 10.1 Å². The van der Waals surface area contributed by atoms with Crippen molar-refractivity contribution in [2.75, 3.05) is 5.32 Å². The first-order chi connectivity index (χ1) is 10.5. The Hall–Kier alpha value is -2.40. The van der Waals surface area contributed by atoms with Crippen LogP contribution in [0.5, 0.6) is 5.75 Å². The lowest BCUT2D eigenvalue weighted by molar-refractivity contribution is -0.122. The maximum Gasteiger partial charge on any atom is 0.265 e. The van der Waals surface area contributed by atoms with Crippen molar-refractivity contribution in [3.05, 3.63) is 59.4 Å². The van der Waals surface area contributed by atoms with Crippen LogP contribution in [0, 0.1) is 12.7 Å². The summed E-state index contributed by atoms with van der Waals surface area (Å²) in [6.45, 7) is 3.29. The van der Waals surface area contributed by atoms with Crippen molar-refractivity contribution in [1.82, 2.24) is 0 Å². The Balaban J connectivity index is 2.04. The van der Waals surface area contributed by atoms with Crippen LogP contribution in [0.2, 0.25) is 0 Å². The zero-order chi connectivity index (χ0) is 16.1. The van der Waals surface area contributed by atoms with Crippen molar-refractivity contribution in [1.29, 1.82) is 0 Å². The average Bonchev–Trinajstić information content (AvgIpc) is 2.51. The van der Waals surface area contributed by atoms with Crippen molar-refractivity contribution in [3.63, 3.8) is 0 Å². The van der Waals surface area contributed by atoms with Crippen LogP contribution in [0.15, 0.2) is 42.5 Å². The van der Waals surface area contributed by atoms with E-state index in [1.807, 2.05) is 0 Å². The Morgan fingerprint density at radius 3 is 2.82 bits per heavy atom. The molecule has 22 heavy (non-hydrogen) atoms. The molecule has 0 bridgehead atoms. The van der Waals surface area contributed by atoms with Crippen molar-refractivity contribution < 1.29 is 19.0 Å². The lowest BCUT2D eigenvalue weighted by Crippen LogP contribution is -2.30. The minimum Gasteiger partial charge on any atom is -0.481 e. The molecule has 0 aliphatic heterocycles. The van der Waals surface area contributed by atoms with E-state index in [-0.39, 0.29) is 12.5 Å². The van der Waals surface area contributed by atoms with Gasteiger partial charge >= 0.3 is 0 Å². The van der Waals surface area contributed by atoms with Crippen LogP contribution in [0.1, 0.15) is 18.1 Å². The zero-order valence-corrected chi connectivity index (χ0v) is 12.5. The molecule has 0 fully saturated rings. The second-order valence-corrected chi connectivity index (χ2v) is 5.01. The van der Waals surface area contributed by atoms with Crippen LogP contribution < -0.4 is 10.1 Å². The summed E-state index contributed by atoms with van der Waals surface area (Å²) in [7, 11) is 0. The van der Waals surface area contributed by atoms with E-state index in [4.69, 9.17) is 9.84 Å². The standard InChI is InChI=1S/C17H18FNO3/c1-11-6-7-14(18)9-16(11)19-17(21)12(2)22-15-5-3-4-13(8-15)10-20/h3-9,12,20H,10H2,1-2H3,(H,19,21). The van der Waals surface area contributed by atoms with Crippen molar-refractivity contribution in [2.45, 2.75) is 26.6 Å². The number of rotatable bonds is 5. The highest BCUT2D eigenvalue weighted by atomic mass is 19.1. The lowest BCUT2D eigenvalue weighted by atomic mass is 10.2. The molecule has 0 saturated carbocycles. The molecular weight excluding hydrogens is 285 g/mol. The van der Waals surface area contributed by atoms with Gasteiger partial charge in [0, 0.05) is 5.69 Å². The number of ether oxygens (including phenoxy) is 1. The van der Waals surface area contributed by atoms with Crippen molar-refractivity contribution in [2.24, 2.45) is 0 Å². The number of halogens is 1. The molecule has 0 aliphatic carbocycles. The number of anilines is 1. The molecule has 116 valence electrons. The maximum atomic E-state index is 13.2. The summed E-state index contributed by atoms with van der Waals surface area (Å²) in [5.41, 5.74) is 1.89. The van der Waals surface area contributed by atoms with E-state index < -0.39 is 11.9 Å². The molecule has 1 unspecified atom stereocenters. The second kappa shape index (κ2) is 7.04. The molecule has 0 aromatic heterocycles. The number of aliphatic hydroxyl groups is 1. The van der Waals surface area contributed by atoms with Gasteiger partial charge in [-0.2, -0.15) is 0 Å². The number of benzene rings is 2. The predicted molar refractivity (Wildman–Crippen MR) is 82.2 cm³/mol. The molecule has 2 rings (SSSR count). The fourth-order valence-corrected chi connectivity index (χ4v) is 1.94. The fraction of sp³-hybridized carbons (Fsp3) is 0.235. The summed E-state index contributed by atoms with van der Waals surface area (Å²) in [6.07, 6.45) is -0.753. The van der Waals surface area contributed by atoms with Gasteiger partial charge in [-0.05, 0) is 49.2 Å².